The van der Waals surface area contributed by atoms with E-state index in [1.165, 1.54) is 0 Å². The summed E-state index contributed by atoms with van der Waals surface area (Å²) in [6.45, 7) is 7.74. The van der Waals surface area contributed by atoms with Crippen molar-refractivity contribution < 1.29 is 14.3 Å². The zero-order chi connectivity index (χ0) is 11.7. The largest absolute Gasteiger partial charge is 0.459 e. The van der Waals surface area contributed by atoms with Gasteiger partial charge in [0, 0.05) is 13.0 Å². The van der Waals surface area contributed by atoms with Crippen LogP contribution in [0.2, 0.25) is 0 Å². The van der Waals surface area contributed by atoms with E-state index in [0.717, 1.165) is 0 Å². The predicted molar refractivity (Wildman–Crippen MR) is 56.2 cm³/mol. The molecule has 1 aliphatic rings. The Labute approximate surface area is 90.4 Å². The Hall–Kier alpha value is -1.06. The highest BCUT2D eigenvalue weighted by Crippen LogP contribution is 2.29. The van der Waals surface area contributed by atoms with Crippen LogP contribution in [0.4, 0.5) is 0 Å². The lowest BCUT2D eigenvalue weighted by molar-refractivity contribution is -0.168. The van der Waals surface area contributed by atoms with E-state index in [0.29, 0.717) is 19.4 Å². The van der Waals surface area contributed by atoms with E-state index in [1.54, 1.807) is 0 Å². The fourth-order valence-corrected chi connectivity index (χ4v) is 1.44. The highest BCUT2D eigenvalue weighted by Gasteiger charge is 2.40. The summed E-state index contributed by atoms with van der Waals surface area (Å²) >= 11 is 0. The van der Waals surface area contributed by atoms with Gasteiger partial charge in [0.2, 0.25) is 5.91 Å². The van der Waals surface area contributed by atoms with E-state index in [1.807, 2.05) is 27.7 Å². The molecule has 0 saturated carbocycles. The molecule has 0 bridgehead atoms. The molecule has 0 aliphatic carbocycles. The van der Waals surface area contributed by atoms with Crippen molar-refractivity contribution in [1.29, 1.82) is 0 Å². The smallest absolute Gasteiger partial charge is 0.314 e. The normalized spacial score (nSPS) is 27.1. The number of esters is 1. The van der Waals surface area contributed by atoms with Crippen LogP contribution in [0.5, 0.6) is 0 Å². The van der Waals surface area contributed by atoms with Crippen molar-refractivity contribution in [1.82, 2.24) is 5.32 Å². The number of carbonyl (C=O) groups is 2. The third kappa shape index (κ3) is 3.22. The highest BCUT2D eigenvalue weighted by atomic mass is 16.6. The molecule has 1 amide bonds. The van der Waals surface area contributed by atoms with Crippen LogP contribution in [0, 0.1) is 5.41 Å². The summed E-state index contributed by atoms with van der Waals surface area (Å²) < 4.78 is 5.33. The molecule has 15 heavy (non-hydrogen) atoms. The zero-order valence-corrected chi connectivity index (χ0v) is 9.85. The van der Waals surface area contributed by atoms with Crippen LogP contribution in [0.1, 0.15) is 40.5 Å². The van der Waals surface area contributed by atoms with Gasteiger partial charge in [-0.05, 0) is 34.1 Å². The molecule has 0 radical (unpaired) electrons. The van der Waals surface area contributed by atoms with Gasteiger partial charge in [-0.25, -0.2) is 0 Å². The number of rotatable bonds is 1. The van der Waals surface area contributed by atoms with Crippen LogP contribution in [0.3, 0.4) is 0 Å². The maximum Gasteiger partial charge on any atom is 0.314 e. The maximum absolute atomic E-state index is 11.9. The van der Waals surface area contributed by atoms with Gasteiger partial charge in [0.05, 0.1) is 5.41 Å². The van der Waals surface area contributed by atoms with E-state index in [9.17, 15) is 9.59 Å². The fourth-order valence-electron chi connectivity index (χ4n) is 1.44. The molecule has 0 spiro atoms. The Morgan fingerprint density at radius 2 is 2.07 bits per heavy atom. The van der Waals surface area contributed by atoms with Crippen LogP contribution in [-0.4, -0.2) is 24.0 Å². The Morgan fingerprint density at radius 1 is 1.47 bits per heavy atom. The van der Waals surface area contributed by atoms with Gasteiger partial charge in [0.15, 0.2) is 0 Å². The summed E-state index contributed by atoms with van der Waals surface area (Å²) in [6, 6.07) is 0. The molecule has 1 fully saturated rings. The lowest BCUT2D eigenvalue weighted by Gasteiger charge is -2.34. The van der Waals surface area contributed by atoms with E-state index < -0.39 is 11.0 Å². The van der Waals surface area contributed by atoms with Crippen molar-refractivity contribution in [3.63, 3.8) is 0 Å². The lowest BCUT2D eigenvalue weighted by atomic mass is 9.82. The molecule has 1 rings (SSSR count). The van der Waals surface area contributed by atoms with E-state index in [4.69, 9.17) is 4.74 Å². The Kier molecular flexibility index (Phi) is 3.07. The summed E-state index contributed by atoms with van der Waals surface area (Å²) in [4.78, 5) is 22.9. The molecule has 1 unspecified atom stereocenters. The second kappa shape index (κ2) is 3.83. The molecule has 1 aliphatic heterocycles. The first-order chi connectivity index (χ1) is 6.73. The molecule has 0 aromatic heterocycles. The van der Waals surface area contributed by atoms with E-state index in [-0.39, 0.29) is 11.9 Å². The van der Waals surface area contributed by atoms with Crippen molar-refractivity contribution in [2.45, 2.75) is 46.1 Å². The molecular weight excluding hydrogens is 194 g/mol. The van der Waals surface area contributed by atoms with Gasteiger partial charge in [0.25, 0.3) is 0 Å². The predicted octanol–water partition coefficient (Wildman–Crippen LogP) is 1.24. The van der Waals surface area contributed by atoms with Crippen LogP contribution in [-0.2, 0) is 14.3 Å². The van der Waals surface area contributed by atoms with Gasteiger partial charge in [-0.1, -0.05) is 0 Å². The summed E-state index contributed by atoms with van der Waals surface area (Å²) in [5.74, 6) is -0.217. The van der Waals surface area contributed by atoms with Crippen LogP contribution < -0.4 is 5.32 Å². The third-order valence-corrected chi connectivity index (χ3v) is 2.47. The van der Waals surface area contributed by atoms with Gasteiger partial charge in [-0.3, -0.25) is 9.59 Å². The second-order valence-corrected chi connectivity index (χ2v) is 5.34. The molecule has 1 atom stereocenters. The molecule has 1 heterocycles. The minimum atomic E-state index is -0.568. The number of nitrogens with one attached hydrogen (secondary N) is 1. The van der Waals surface area contributed by atoms with Crippen molar-refractivity contribution >= 4 is 11.9 Å². The number of piperidine rings is 1. The quantitative estimate of drug-likeness (QED) is 0.667. The standard InChI is InChI=1S/C11H19NO3/c1-10(2,3)15-9(14)11(4)6-5-8(13)12-7-11/h5-7H2,1-4H3,(H,12,13). The van der Waals surface area contributed by atoms with Crippen LogP contribution in [0.25, 0.3) is 0 Å². The van der Waals surface area contributed by atoms with Gasteiger partial charge in [0.1, 0.15) is 5.60 Å². The molecule has 0 aromatic carbocycles. The van der Waals surface area contributed by atoms with Crippen LogP contribution >= 0.6 is 0 Å². The molecule has 4 nitrogen and oxygen atoms in total. The summed E-state index contributed by atoms with van der Waals surface area (Å²) in [5, 5.41) is 2.70. The van der Waals surface area contributed by atoms with Crippen molar-refractivity contribution in [2.75, 3.05) is 6.54 Å². The summed E-state index contributed by atoms with van der Waals surface area (Å²) in [5.41, 5.74) is -1.04. The number of amides is 1. The Balaban J connectivity index is 2.62. The highest BCUT2D eigenvalue weighted by molar-refractivity contribution is 5.83. The number of hydrogen-bond donors (Lipinski definition) is 1. The van der Waals surface area contributed by atoms with Crippen LogP contribution in [0.15, 0.2) is 0 Å². The van der Waals surface area contributed by atoms with E-state index >= 15 is 0 Å². The monoisotopic (exact) mass is 213 g/mol. The molecular formula is C11H19NO3. The maximum atomic E-state index is 11.9. The molecule has 86 valence electrons. The number of hydrogen-bond acceptors (Lipinski definition) is 3. The molecule has 1 N–H and O–H groups in total. The molecule has 0 aromatic rings. The fraction of sp³-hybridized carbons (Fsp3) is 0.818. The van der Waals surface area contributed by atoms with Crippen molar-refractivity contribution in [3.05, 3.63) is 0 Å². The second-order valence-electron chi connectivity index (χ2n) is 5.34. The Morgan fingerprint density at radius 3 is 2.47 bits per heavy atom. The van der Waals surface area contributed by atoms with Gasteiger partial charge in [-0.2, -0.15) is 0 Å². The molecule has 1 saturated heterocycles. The van der Waals surface area contributed by atoms with Gasteiger partial charge in [-0.15, -0.1) is 0 Å². The Bertz CT molecular complexity index is 268. The lowest BCUT2D eigenvalue weighted by Crippen LogP contribution is -2.48. The molecule has 4 heteroatoms. The summed E-state index contributed by atoms with van der Waals surface area (Å²) in [7, 11) is 0. The van der Waals surface area contributed by atoms with E-state index in [2.05, 4.69) is 5.32 Å². The third-order valence-electron chi connectivity index (χ3n) is 2.47. The summed E-state index contributed by atoms with van der Waals surface area (Å²) in [6.07, 6.45) is 0.962. The topological polar surface area (TPSA) is 55.4 Å². The minimum absolute atomic E-state index is 0.0102. The average Bonchev–Trinajstić information content (AvgIpc) is 2.07. The van der Waals surface area contributed by atoms with Crippen molar-refractivity contribution in [3.8, 4) is 0 Å². The number of carbonyl (C=O) groups excluding carboxylic acids is 2. The first kappa shape index (κ1) is 12.0. The van der Waals surface area contributed by atoms with Crippen molar-refractivity contribution in [2.24, 2.45) is 5.41 Å². The minimum Gasteiger partial charge on any atom is -0.459 e. The zero-order valence-electron chi connectivity index (χ0n) is 9.85. The van der Waals surface area contributed by atoms with Gasteiger partial charge < -0.3 is 10.1 Å². The first-order valence-corrected chi connectivity index (χ1v) is 5.23. The SMILES string of the molecule is CC(C)(C)OC(=O)C1(C)CCC(=O)NC1. The first-order valence-electron chi connectivity index (χ1n) is 5.23. The average molecular weight is 213 g/mol. The van der Waals surface area contributed by atoms with Gasteiger partial charge >= 0.3 is 5.97 Å². The number of ether oxygens (including phenoxy) is 1.